The largest absolute Gasteiger partial charge is 0.491 e. The zero-order chi connectivity index (χ0) is 15.4. The molecule has 2 rings (SSSR count). The average Bonchev–Trinajstić information content (AvgIpc) is 2.45. The van der Waals surface area contributed by atoms with Gasteiger partial charge in [-0.3, -0.25) is 5.84 Å². The molecule has 21 heavy (non-hydrogen) atoms. The molecule has 0 radical (unpaired) electrons. The molecule has 2 aromatic rings. The Bertz CT molecular complexity index is 602. The van der Waals surface area contributed by atoms with E-state index in [-0.39, 0.29) is 12.1 Å². The third kappa shape index (κ3) is 4.20. The van der Waals surface area contributed by atoms with Crippen molar-refractivity contribution in [2.75, 3.05) is 0 Å². The van der Waals surface area contributed by atoms with Gasteiger partial charge in [-0.2, -0.15) is 0 Å². The Hall–Kier alpha value is -1.07. The van der Waals surface area contributed by atoms with Gasteiger partial charge in [0.05, 0.1) is 17.2 Å². The van der Waals surface area contributed by atoms with Crippen molar-refractivity contribution in [1.82, 2.24) is 5.43 Å². The zero-order valence-corrected chi connectivity index (χ0v) is 14.3. The van der Waals surface area contributed by atoms with Gasteiger partial charge in [0.15, 0.2) is 0 Å². The SMILES string of the molecule is CC(C)Oc1ccc(C(NN)c2ccc(Br)c(Cl)c2)cc1. The van der Waals surface area contributed by atoms with Crippen LogP contribution in [0.1, 0.15) is 31.0 Å². The van der Waals surface area contributed by atoms with Crippen LogP contribution in [0.5, 0.6) is 5.75 Å². The Morgan fingerprint density at radius 3 is 2.24 bits per heavy atom. The van der Waals surface area contributed by atoms with Gasteiger partial charge in [-0.25, -0.2) is 5.43 Å². The van der Waals surface area contributed by atoms with Crippen molar-refractivity contribution in [1.29, 1.82) is 0 Å². The van der Waals surface area contributed by atoms with Gasteiger partial charge in [-0.15, -0.1) is 0 Å². The number of halogens is 2. The van der Waals surface area contributed by atoms with Crippen LogP contribution in [-0.4, -0.2) is 6.10 Å². The molecule has 0 heterocycles. The van der Waals surface area contributed by atoms with Gasteiger partial charge in [0.2, 0.25) is 0 Å². The van der Waals surface area contributed by atoms with Gasteiger partial charge in [-0.1, -0.05) is 29.8 Å². The molecule has 0 aromatic heterocycles. The number of hydrogen-bond acceptors (Lipinski definition) is 3. The van der Waals surface area contributed by atoms with Crippen molar-refractivity contribution in [3.05, 3.63) is 63.1 Å². The number of nitrogens with one attached hydrogen (secondary N) is 1. The first-order valence-electron chi connectivity index (χ1n) is 6.69. The van der Waals surface area contributed by atoms with Crippen LogP contribution in [0.15, 0.2) is 46.9 Å². The molecular formula is C16H18BrClN2O. The molecule has 3 N–H and O–H groups in total. The second-order valence-corrected chi connectivity index (χ2v) is 6.27. The minimum absolute atomic E-state index is 0.122. The molecule has 112 valence electrons. The molecule has 0 spiro atoms. The fourth-order valence-corrected chi connectivity index (χ4v) is 2.52. The van der Waals surface area contributed by atoms with E-state index in [4.69, 9.17) is 22.2 Å². The van der Waals surface area contributed by atoms with Gasteiger partial charge >= 0.3 is 0 Å². The lowest BCUT2D eigenvalue weighted by Crippen LogP contribution is -2.28. The van der Waals surface area contributed by atoms with Gasteiger partial charge in [0.25, 0.3) is 0 Å². The Labute approximate surface area is 138 Å². The predicted octanol–water partition coefficient (Wildman–Crippen LogP) is 4.44. The summed E-state index contributed by atoms with van der Waals surface area (Å²) < 4.78 is 6.51. The van der Waals surface area contributed by atoms with Crippen molar-refractivity contribution in [3.8, 4) is 5.75 Å². The molecular weight excluding hydrogens is 352 g/mol. The first-order valence-corrected chi connectivity index (χ1v) is 7.86. The fraction of sp³-hybridized carbons (Fsp3) is 0.250. The van der Waals surface area contributed by atoms with Crippen molar-refractivity contribution >= 4 is 27.5 Å². The number of benzene rings is 2. The molecule has 0 fully saturated rings. The Morgan fingerprint density at radius 2 is 1.71 bits per heavy atom. The first-order chi connectivity index (χ1) is 10.0. The fourth-order valence-electron chi connectivity index (χ4n) is 2.09. The third-order valence-electron chi connectivity index (χ3n) is 3.03. The molecule has 0 aliphatic carbocycles. The Balaban J connectivity index is 2.26. The number of hydrogen-bond donors (Lipinski definition) is 2. The van der Waals surface area contributed by atoms with E-state index in [1.54, 1.807) is 0 Å². The van der Waals surface area contributed by atoms with E-state index in [0.717, 1.165) is 21.3 Å². The lowest BCUT2D eigenvalue weighted by atomic mass is 9.99. The molecule has 0 amide bonds. The summed E-state index contributed by atoms with van der Waals surface area (Å²) in [6.07, 6.45) is 0.157. The lowest BCUT2D eigenvalue weighted by molar-refractivity contribution is 0.242. The van der Waals surface area contributed by atoms with E-state index in [9.17, 15) is 0 Å². The summed E-state index contributed by atoms with van der Waals surface area (Å²) in [4.78, 5) is 0. The summed E-state index contributed by atoms with van der Waals surface area (Å²) in [5, 5.41) is 0.660. The van der Waals surface area contributed by atoms with Crippen LogP contribution in [0.3, 0.4) is 0 Å². The molecule has 3 nitrogen and oxygen atoms in total. The number of nitrogens with two attached hydrogens (primary N) is 1. The van der Waals surface area contributed by atoms with E-state index in [1.165, 1.54) is 0 Å². The van der Waals surface area contributed by atoms with Crippen molar-refractivity contribution < 1.29 is 4.74 Å². The second-order valence-electron chi connectivity index (χ2n) is 5.01. The average molecular weight is 370 g/mol. The molecule has 0 aliphatic heterocycles. The standard InChI is InChI=1S/C16H18BrClN2O/c1-10(2)21-13-6-3-11(4-7-13)16(20-19)12-5-8-14(17)15(18)9-12/h3-10,16,20H,19H2,1-2H3. The number of rotatable bonds is 5. The minimum Gasteiger partial charge on any atom is -0.491 e. The van der Waals surface area contributed by atoms with Crippen molar-refractivity contribution in [2.45, 2.75) is 26.0 Å². The zero-order valence-electron chi connectivity index (χ0n) is 11.9. The quantitative estimate of drug-likeness (QED) is 0.605. The van der Waals surface area contributed by atoms with Crippen LogP contribution >= 0.6 is 27.5 Å². The summed E-state index contributed by atoms with van der Waals surface area (Å²) in [6, 6.07) is 13.6. The monoisotopic (exact) mass is 368 g/mol. The molecule has 2 aromatic carbocycles. The summed E-state index contributed by atoms with van der Waals surface area (Å²) in [5.74, 6) is 6.55. The summed E-state index contributed by atoms with van der Waals surface area (Å²) in [7, 11) is 0. The van der Waals surface area contributed by atoms with Gasteiger partial charge in [-0.05, 0) is 65.2 Å². The van der Waals surface area contributed by atoms with E-state index < -0.39 is 0 Å². The van der Waals surface area contributed by atoms with Crippen LogP contribution in [0.2, 0.25) is 5.02 Å². The topological polar surface area (TPSA) is 47.3 Å². The second kappa shape index (κ2) is 7.27. The van der Waals surface area contributed by atoms with Gasteiger partial charge < -0.3 is 4.74 Å². The summed E-state index contributed by atoms with van der Waals surface area (Å²) in [6.45, 7) is 4.00. The first kappa shape index (κ1) is 16.3. The highest BCUT2D eigenvalue weighted by Gasteiger charge is 2.14. The summed E-state index contributed by atoms with van der Waals surface area (Å²) >= 11 is 9.54. The molecule has 5 heteroatoms. The molecule has 0 saturated heterocycles. The van der Waals surface area contributed by atoms with Crippen molar-refractivity contribution in [2.24, 2.45) is 5.84 Å². The Morgan fingerprint density at radius 1 is 1.10 bits per heavy atom. The van der Waals surface area contributed by atoms with Crippen LogP contribution in [0.4, 0.5) is 0 Å². The lowest BCUT2D eigenvalue weighted by Gasteiger charge is -2.18. The maximum absolute atomic E-state index is 6.15. The number of ether oxygens (including phenoxy) is 1. The highest BCUT2D eigenvalue weighted by atomic mass is 79.9. The number of hydrazine groups is 1. The van der Waals surface area contributed by atoms with Gasteiger partial charge in [0, 0.05) is 4.47 Å². The van der Waals surface area contributed by atoms with E-state index in [1.807, 2.05) is 56.3 Å². The van der Waals surface area contributed by atoms with Gasteiger partial charge in [0.1, 0.15) is 5.75 Å². The normalized spacial score (nSPS) is 12.5. The van der Waals surface area contributed by atoms with Crippen LogP contribution in [0.25, 0.3) is 0 Å². The molecule has 0 saturated carbocycles. The maximum Gasteiger partial charge on any atom is 0.119 e. The van der Waals surface area contributed by atoms with E-state index in [2.05, 4.69) is 21.4 Å². The molecule has 0 aliphatic rings. The van der Waals surface area contributed by atoms with E-state index >= 15 is 0 Å². The Kier molecular flexibility index (Phi) is 5.65. The minimum atomic E-state index is -0.122. The smallest absolute Gasteiger partial charge is 0.119 e. The summed E-state index contributed by atoms with van der Waals surface area (Å²) in [5.41, 5.74) is 4.88. The van der Waals surface area contributed by atoms with E-state index in [0.29, 0.717) is 5.02 Å². The highest BCUT2D eigenvalue weighted by molar-refractivity contribution is 9.10. The molecule has 1 atom stereocenters. The predicted molar refractivity (Wildman–Crippen MR) is 90.5 cm³/mol. The van der Waals surface area contributed by atoms with Crippen LogP contribution in [0, 0.1) is 0 Å². The maximum atomic E-state index is 6.15. The highest BCUT2D eigenvalue weighted by Crippen LogP contribution is 2.29. The van der Waals surface area contributed by atoms with Crippen LogP contribution < -0.4 is 16.0 Å². The van der Waals surface area contributed by atoms with Crippen molar-refractivity contribution in [3.63, 3.8) is 0 Å². The molecule has 0 bridgehead atoms. The molecule has 1 unspecified atom stereocenters. The third-order valence-corrected chi connectivity index (χ3v) is 4.26. The van der Waals surface area contributed by atoms with Crippen LogP contribution in [-0.2, 0) is 0 Å².